The van der Waals surface area contributed by atoms with Crippen molar-refractivity contribution in [2.24, 2.45) is 5.92 Å². The van der Waals surface area contributed by atoms with Crippen molar-refractivity contribution in [3.8, 4) is 11.5 Å². The molecule has 0 aromatic heterocycles. The molecule has 0 aliphatic carbocycles. The van der Waals surface area contributed by atoms with Gasteiger partial charge in [-0.25, -0.2) is 8.42 Å². The summed E-state index contributed by atoms with van der Waals surface area (Å²) in [4.78, 5) is 28.8. The summed E-state index contributed by atoms with van der Waals surface area (Å²) in [5, 5.41) is 2.93. The molecule has 3 rings (SSSR count). The largest absolute Gasteiger partial charge is 0.497 e. The number of rotatable bonds is 14. The third-order valence-corrected chi connectivity index (χ3v) is 8.34. The molecule has 3 aromatic rings. The topological polar surface area (TPSA) is 105 Å². The monoisotopic (exact) mass is 581 g/mol. The molecule has 220 valence electrons. The first-order valence-corrected chi connectivity index (χ1v) is 15.0. The maximum atomic E-state index is 14.1. The number of carbonyl (C=O) groups excluding carboxylic acids is 2. The summed E-state index contributed by atoms with van der Waals surface area (Å²) in [5.74, 6) is 0.607. The highest BCUT2D eigenvalue weighted by Gasteiger charge is 2.33. The van der Waals surface area contributed by atoms with Crippen LogP contribution in [0.1, 0.15) is 32.8 Å². The van der Waals surface area contributed by atoms with Crippen molar-refractivity contribution >= 4 is 27.5 Å². The van der Waals surface area contributed by atoms with Crippen molar-refractivity contribution < 1.29 is 27.5 Å². The third-order valence-electron chi connectivity index (χ3n) is 6.55. The van der Waals surface area contributed by atoms with Crippen molar-refractivity contribution in [2.75, 3.05) is 31.6 Å². The van der Waals surface area contributed by atoms with E-state index in [0.717, 1.165) is 9.87 Å². The van der Waals surface area contributed by atoms with Crippen LogP contribution in [-0.4, -0.2) is 58.5 Å². The van der Waals surface area contributed by atoms with Gasteiger partial charge in [-0.1, -0.05) is 51.1 Å². The first-order chi connectivity index (χ1) is 19.6. The molecule has 0 saturated heterocycles. The van der Waals surface area contributed by atoms with Gasteiger partial charge >= 0.3 is 0 Å². The lowest BCUT2D eigenvalue weighted by atomic mass is 10.1. The number of para-hydroxylation sites is 1. The van der Waals surface area contributed by atoms with Crippen molar-refractivity contribution in [2.45, 2.75) is 44.7 Å². The van der Waals surface area contributed by atoms with E-state index in [4.69, 9.17) is 9.47 Å². The minimum absolute atomic E-state index is 0.0124. The van der Waals surface area contributed by atoms with Crippen LogP contribution in [0.25, 0.3) is 0 Å². The standard InChI is InChI=1S/C31H39N3O6S/c1-6-29(31(36)32-20-23(2)3)33(21-24-12-14-26(39-4)15-13-24)30(35)22-34(25-10-8-7-9-11-25)41(37,38)28-18-16-27(40-5)17-19-28/h7-19,23,29H,6,20-22H2,1-5H3,(H,32,36). The molecule has 10 heteroatoms. The summed E-state index contributed by atoms with van der Waals surface area (Å²) in [5.41, 5.74) is 1.11. The molecule has 0 spiro atoms. The van der Waals surface area contributed by atoms with Gasteiger partial charge in [0.05, 0.1) is 24.8 Å². The van der Waals surface area contributed by atoms with Crippen LogP contribution in [0, 0.1) is 5.92 Å². The van der Waals surface area contributed by atoms with Crippen LogP contribution in [0.15, 0.2) is 83.8 Å². The Bertz CT molecular complexity index is 1380. The summed E-state index contributed by atoms with van der Waals surface area (Å²) in [6.45, 7) is 5.88. The van der Waals surface area contributed by atoms with Gasteiger partial charge in [0, 0.05) is 13.1 Å². The molecule has 0 bridgehead atoms. The van der Waals surface area contributed by atoms with E-state index < -0.39 is 28.5 Å². The highest BCUT2D eigenvalue weighted by Crippen LogP contribution is 2.26. The van der Waals surface area contributed by atoms with Gasteiger partial charge < -0.3 is 19.7 Å². The zero-order chi connectivity index (χ0) is 30.0. The van der Waals surface area contributed by atoms with Gasteiger partial charge in [0.2, 0.25) is 11.8 Å². The van der Waals surface area contributed by atoms with Crippen LogP contribution < -0.4 is 19.1 Å². The Hall–Kier alpha value is -4.05. The van der Waals surface area contributed by atoms with E-state index in [9.17, 15) is 18.0 Å². The van der Waals surface area contributed by atoms with E-state index >= 15 is 0 Å². The molecule has 3 aromatic carbocycles. The molecule has 0 saturated carbocycles. The first-order valence-electron chi connectivity index (χ1n) is 13.5. The van der Waals surface area contributed by atoms with Gasteiger partial charge in [0.15, 0.2) is 0 Å². The number of nitrogens with zero attached hydrogens (tertiary/aromatic N) is 2. The lowest BCUT2D eigenvalue weighted by molar-refractivity contribution is -0.140. The second-order valence-corrected chi connectivity index (χ2v) is 11.8. The predicted molar refractivity (Wildman–Crippen MR) is 159 cm³/mol. The van der Waals surface area contributed by atoms with Gasteiger partial charge in [-0.3, -0.25) is 13.9 Å². The van der Waals surface area contributed by atoms with Crippen LogP contribution in [0.3, 0.4) is 0 Å². The molecule has 41 heavy (non-hydrogen) atoms. The molecule has 0 radical (unpaired) electrons. The average Bonchev–Trinajstić information content (AvgIpc) is 2.99. The van der Waals surface area contributed by atoms with Crippen LogP contribution in [0.2, 0.25) is 0 Å². The fourth-order valence-corrected chi connectivity index (χ4v) is 5.68. The number of nitrogens with one attached hydrogen (secondary N) is 1. The minimum Gasteiger partial charge on any atom is -0.497 e. The van der Waals surface area contributed by atoms with Crippen LogP contribution in [0.5, 0.6) is 11.5 Å². The van der Waals surface area contributed by atoms with E-state index in [1.54, 1.807) is 61.7 Å². The van der Waals surface area contributed by atoms with E-state index in [2.05, 4.69) is 5.32 Å². The molecule has 1 atom stereocenters. The molecule has 0 aliphatic heterocycles. The Morgan fingerprint density at radius 3 is 1.93 bits per heavy atom. The molecule has 1 unspecified atom stereocenters. The van der Waals surface area contributed by atoms with Crippen LogP contribution >= 0.6 is 0 Å². The minimum atomic E-state index is -4.15. The summed E-state index contributed by atoms with van der Waals surface area (Å²) in [7, 11) is -1.09. The normalized spacial score (nSPS) is 12.0. The third kappa shape index (κ3) is 8.23. The van der Waals surface area contributed by atoms with Gasteiger partial charge in [0.1, 0.15) is 24.1 Å². The molecule has 9 nitrogen and oxygen atoms in total. The van der Waals surface area contributed by atoms with E-state index in [0.29, 0.717) is 30.2 Å². The van der Waals surface area contributed by atoms with Crippen LogP contribution in [-0.2, 0) is 26.2 Å². The lowest BCUT2D eigenvalue weighted by Gasteiger charge is -2.33. The molecule has 1 N–H and O–H groups in total. The second kappa shape index (κ2) is 14.5. The van der Waals surface area contributed by atoms with Gasteiger partial charge in [-0.15, -0.1) is 0 Å². The van der Waals surface area contributed by atoms with Crippen molar-refractivity contribution in [1.82, 2.24) is 10.2 Å². The Labute approximate surface area is 243 Å². The summed E-state index contributed by atoms with van der Waals surface area (Å²) in [6, 6.07) is 20.8. The van der Waals surface area contributed by atoms with Gasteiger partial charge in [-0.05, 0) is 66.4 Å². The SMILES string of the molecule is CCC(C(=O)NCC(C)C)N(Cc1ccc(OC)cc1)C(=O)CN(c1ccccc1)S(=O)(=O)c1ccc(OC)cc1. The predicted octanol–water partition coefficient (Wildman–Crippen LogP) is 4.48. The van der Waals surface area contributed by atoms with Crippen molar-refractivity contribution in [3.05, 3.63) is 84.4 Å². The molecular weight excluding hydrogens is 542 g/mol. The molecule has 0 fully saturated rings. The fraction of sp³-hybridized carbons (Fsp3) is 0.355. The van der Waals surface area contributed by atoms with Crippen molar-refractivity contribution in [3.63, 3.8) is 0 Å². The number of amides is 2. The number of methoxy groups -OCH3 is 2. The summed E-state index contributed by atoms with van der Waals surface area (Å²) >= 11 is 0. The first kappa shape index (κ1) is 31.5. The highest BCUT2D eigenvalue weighted by atomic mass is 32.2. The number of hydrogen-bond donors (Lipinski definition) is 1. The van der Waals surface area contributed by atoms with E-state index in [1.807, 2.05) is 32.9 Å². The quantitative estimate of drug-likeness (QED) is 0.301. The number of anilines is 1. The Balaban J connectivity index is 2.01. The van der Waals surface area contributed by atoms with Gasteiger partial charge in [-0.2, -0.15) is 0 Å². The molecule has 2 amide bonds. The summed E-state index contributed by atoms with van der Waals surface area (Å²) < 4.78 is 39.3. The molecular formula is C31H39N3O6S. The Morgan fingerprint density at radius 1 is 0.854 bits per heavy atom. The number of hydrogen-bond acceptors (Lipinski definition) is 6. The second-order valence-electron chi connectivity index (χ2n) is 9.96. The number of carbonyl (C=O) groups is 2. The smallest absolute Gasteiger partial charge is 0.264 e. The zero-order valence-electron chi connectivity index (χ0n) is 24.2. The number of ether oxygens (including phenoxy) is 2. The summed E-state index contributed by atoms with van der Waals surface area (Å²) in [6.07, 6.45) is 0.350. The van der Waals surface area contributed by atoms with Crippen molar-refractivity contribution in [1.29, 1.82) is 0 Å². The molecule has 0 aliphatic rings. The highest BCUT2D eigenvalue weighted by molar-refractivity contribution is 7.92. The Kier molecular flexibility index (Phi) is 11.2. The van der Waals surface area contributed by atoms with E-state index in [1.165, 1.54) is 24.1 Å². The average molecular weight is 582 g/mol. The number of sulfonamides is 1. The fourth-order valence-electron chi connectivity index (χ4n) is 4.27. The van der Waals surface area contributed by atoms with E-state index in [-0.39, 0.29) is 23.3 Å². The maximum Gasteiger partial charge on any atom is 0.264 e. The van der Waals surface area contributed by atoms with Crippen LogP contribution in [0.4, 0.5) is 5.69 Å². The zero-order valence-corrected chi connectivity index (χ0v) is 25.1. The maximum absolute atomic E-state index is 14.1. The Morgan fingerprint density at radius 2 is 1.41 bits per heavy atom. The van der Waals surface area contributed by atoms with Gasteiger partial charge in [0.25, 0.3) is 10.0 Å². The molecule has 0 heterocycles. The number of benzene rings is 3. The lowest BCUT2D eigenvalue weighted by Crippen LogP contribution is -2.52.